The molecule has 3 nitrogen and oxygen atoms in total. The molecule has 3 aromatic heterocycles. The predicted octanol–water partition coefficient (Wildman–Crippen LogP) is 10.7. The summed E-state index contributed by atoms with van der Waals surface area (Å²) in [6.07, 6.45) is 3.69. The molecule has 3 heterocycles. The SMILES string of the molecule is CC(C)c1cc(-c2ccccc2)cc(C(C)C)c1-n1c(-c2[c-]sc3ccc(-c4ccncc4)cc23)nc2ccccc21.[Ir]. The first-order chi connectivity index (χ1) is 20.5. The molecule has 0 unspecified atom stereocenters. The van der Waals surface area contributed by atoms with E-state index in [9.17, 15) is 0 Å². The average molecular weight is 755 g/mol. The largest absolute Gasteiger partial charge is 0.333 e. The number of para-hydroxylation sites is 2. The quantitative estimate of drug-likeness (QED) is 0.158. The van der Waals surface area contributed by atoms with Crippen LogP contribution in [-0.4, -0.2) is 14.5 Å². The zero-order valence-corrected chi connectivity index (χ0v) is 27.8. The van der Waals surface area contributed by atoms with Crippen LogP contribution in [0.15, 0.2) is 109 Å². The molecule has 0 aliphatic carbocycles. The Balaban J connectivity index is 0.00000329. The maximum absolute atomic E-state index is 5.29. The van der Waals surface area contributed by atoms with Gasteiger partial charge < -0.3 is 4.57 Å². The molecule has 0 aliphatic rings. The first-order valence-electron chi connectivity index (χ1n) is 14.6. The fourth-order valence-corrected chi connectivity index (χ4v) is 6.72. The van der Waals surface area contributed by atoms with E-state index >= 15 is 0 Å². The smallest absolute Gasteiger partial charge is 0.0774 e. The second-order valence-electron chi connectivity index (χ2n) is 11.5. The summed E-state index contributed by atoms with van der Waals surface area (Å²) in [6, 6.07) is 34.8. The van der Waals surface area contributed by atoms with Gasteiger partial charge >= 0.3 is 0 Å². The van der Waals surface area contributed by atoms with E-state index in [-0.39, 0.29) is 20.1 Å². The number of imidazole rings is 1. The molecule has 0 atom stereocenters. The van der Waals surface area contributed by atoms with Gasteiger partial charge in [-0.15, -0.1) is 5.39 Å². The van der Waals surface area contributed by atoms with Gasteiger partial charge in [-0.25, -0.2) is 0 Å². The van der Waals surface area contributed by atoms with Gasteiger partial charge in [0, 0.05) is 38.2 Å². The third-order valence-electron chi connectivity index (χ3n) is 8.05. The van der Waals surface area contributed by atoms with E-state index in [0.717, 1.165) is 28.0 Å². The Morgan fingerprint density at radius 3 is 2.02 bits per heavy atom. The van der Waals surface area contributed by atoms with Gasteiger partial charge in [-0.2, -0.15) is 0 Å². The summed E-state index contributed by atoms with van der Waals surface area (Å²) in [7, 11) is 0. The van der Waals surface area contributed by atoms with E-state index in [1.807, 2.05) is 12.4 Å². The molecule has 0 saturated carbocycles. The Bertz CT molecular complexity index is 2010. The van der Waals surface area contributed by atoms with Crippen molar-refractivity contribution in [2.45, 2.75) is 39.5 Å². The van der Waals surface area contributed by atoms with Crippen molar-refractivity contribution in [2.24, 2.45) is 0 Å². The fraction of sp³-hybridized carbons (Fsp3) is 0.158. The van der Waals surface area contributed by atoms with E-state index in [1.165, 1.54) is 43.6 Å². The summed E-state index contributed by atoms with van der Waals surface area (Å²) < 4.78 is 3.61. The first-order valence-corrected chi connectivity index (χ1v) is 15.4. The number of thiophene rings is 1. The minimum Gasteiger partial charge on any atom is -0.333 e. The number of nitrogens with zero attached hydrogens (tertiary/aromatic N) is 3. The summed E-state index contributed by atoms with van der Waals surface area (Å²) in [6.45, 7) is 9.18. The van der Waals surface area contributed by atoms with Gasteiger partial charge in [0.05, 0.1) is 16.9 Å². The maximum atomic E-state index is 5.29. The van der Waals surface area contributed by atoms with Crippen molar-refractivity contribution < 1.29 is 20.1 Å². The Morgan fingerprint density at radius 2 is 1.33 bits per heavy atom. The fourth-order valence-electron chi connectivity index (χ4n) is 5.90. The van der Waals surface area contributed by atoms with Crippen molar-refractivity contribution >= 4 is 32.5 Å². The molecule has 7 rings (SSSR count). The van der Waals surface area contributed by atoms with E-state index in [0.29, 0.717) is 11.8 Å². The third-order valence-corrected chi connectivity index (χ3v) is 8.94. The van der Waals surface area contributed by atoms with Crippen LogP contribution in [-0.2, 0) is 20.1 Å². The molecular formula is C38H32IrN3S-. The monoisotopic (exact) mass is 755 g/mol. The number of aromatic nitrogens is 3. The van der Waals surface area contributed by atoms with Crippen LogP contribution in [0.4, 0.5) is 0 Å². The van der Waals surface area contributed by atoms with Crippen molar-refractivity contribution in [3.8, 4) is 39.3 Å². The molecule has 0 spiro atoms. The number of rotatable bonds is 6. The van der Waals surface area contributed by atoms with Gasteiger partial charge in [-0.1, -0.05) is 104 Å². The average Bonchev–Trinajstić information content (AvgIpc) is 3.62. The van der Waals surface area contributed by atoms with Gasteiger partial charge in [0.15, 0.2) is 0 Å². The van der Waals surface area contributed by atoms with E-state index in [4.69, 9.17) is 4.98 Å². The standard InChI is InChI=1S/C38H32N3S.Ir/c1-24(2)30-21-29(26-10-6-5-7-11-26)22-31(25(3)4)37(30)41-35-13-9-8-12-34(35)40-38(41)33-23-42-36-15-14-28(20-32(33)36)27-16-18-39-19-17-27;/h5-22,24-25H,1-4H3;/q-1;. The molecule has 43 heavy (non-hydrogen) atoms. The molecule has 1 radical (unpaired) electrons. The zero-order valence-electron chi connectivity index (χ0n) is 24.6. The summed E-state index contributed by atoms with van der Waals surface area (Å²) in [5.41, 5.74) is 11.8. The Morgan fingerprint density at radius 1 is 0.674 bits per heavy atom. The number of pyridine rings is 1. The molecule has 0 amide bonds. The number of hydrogen-bond acceptors (Lipinski definition) is 3. The van der Waals surface area contributed by atoms with Crippen LogP contribution in [0.3, 0.4) is 0 Å². The molecule has 0 saturated heterocycles. The molecule has 215 valence electrons. The van der Waals surface area contributed by atoms with Gasteiger partial charge in [-0.3, -0.25) is 21.3 Å². The second kappa shape index (κ2) is 12.0. The topological polar surface area (TPSA) is 30.7 Å². The predicted molar refractivity (Wildman–Crippen MR) is 178 cm³/mol. The summed E-state index contributed by atoms with van der Waals surface area (Å²) in [5.74, 6) is 1.57. The first kappa shape index (κ1) is 29.2. The summed E-state index contributed by atoms with van der Waals surface area (Å²) in [4.78, 5) is 9.50. The van der Waals surface area contributed by atoms with Crippen molar-refractivity contribution in [3.63, 3.8) is 0 Å². The van der Waals surface area contributed by atoms with Crippen LogP contribution in [0.25, 0.3) is 60.4 Å². The van der Waals surface area contributed by atoms with E-state index in [2.05, 4.69) is 140 Å². The summed E-state index contributed by atoms with van der Waals surface area (Å²) in [5, 5.41) is 4.83. The molecule has 5 heteroatoms. The van der Waals surface area contributed by atoms with Gasteiger partial charge in [0.1, 0.15) is 0 Å². The van der Waals surface area contributed by atoms with Crippen LogP contribution >= 0.6 is 11.3 Å². The normalized spacial score (nSPS) is 11.5. The van der Waals surface area contributed by atoms with E-state index < -0.39 is 0 Å². The van der Waals surface area contributed by atoms with Crippen molar-refractivity contribution in [1.29, 1.82) is 0 Å². The molecular weight excluding hydrogens is 723 g/mol. The van der Waals surface area contributed by atoms with Crippen LogP contribution in [0.2, 0.25) is 0 Å². The third kappa shape index (κ3) is 5.27. The Hall–Kier alpha value is -3.89. The van der Waals surface area contributed by atoms with Crippen LogP contribution in [0, 0.1) is 5.38 Å². The minimum absolute atomic E-state index is 0. The molecule has 0 bridgehead atoms. The van der Waals surface area contributed by atoms with Crippen LogP contribution < -0.4 is 0 Å². The minimum atomic E-state index is 0. The molecule has 0 fully saturated rings. The van der Waals surface area contributed by atoms with E-state index in [1.54, 1.807) is 11.3 Å². The number of benzene rings is 4. The summed E-state index contributed by atoms with van der Waals surface area (Å²) >= 11 is 1.66. The van der Waals surface area contributed by atoms with Crippen molar-refractivity contribution in [1.82, 2.24) is 14.5 Å². The van der Waals surface area contributed by atoms with Gasteiger partial charge in [0.25, 0.3) is 0 Å². The Kier molecular flexibility index (Phi) is 8.15. The van der Waals surface area contributed by atoms with Crippen molar-refractivity contribution in [3.05, 3.63) is 126 Å². The molecule has 7 aromatic rings. The van der Waals surface area contributed by atoms with Gasteiger partial charge in [-0.05, 0) is 81.6 Å². The molecule has 4 aromatic carbocycles. The van der Waals surface area contributed by atoms with Crippen molar-refractivity contribution in [2.75, 3.05) is 0 Å². The Labute approximate surface area is 270 Å². The second-order valence-corrected chi connectivity index (χ2v) is 12.3. The number of hydrogen-bond donors (Lipinski definition) is 0. The van der Waals surface area contributed by atoms with Crippen LogP contribution in [0.1, 0.15) is 50.7 Å². The maximum Gasteiger partial charge on any atom is 0.0774 e. The molecule has 0 N–H and O–H groups in total. The van der Waals surface area contributed by atoms with Gasteiger partial charge in [0.2, 0.25) is 0 Å². The zero-order chi connectivity index (χ0) is 28.8. The van der Waals surface area contributed by atoms with Crippen LogP contribution in [0.5, 0.6) is 0 Å². The molecule has 0 aliphatic heterocycles. The number of fused-ring (bicyclic) bond motifs is 2.